The van der Waals surface area contributed by atoms with Gasteiger partial charge >= 0.3 is 12.1 Å². The number of rotatable bonds is 6. The largest absolute Gasteiger partial charge is 0.454 e. The molecular formula is C22H15F3I4N2O5. The molecule has 0 aliphatic carbocycles. The van der Waals surface area contributed by atoms with E-state index < -0.39 is 59.7 Å². The molecule has 1 atom stereocenters. The second-order valence-corrected chi connectivity index (χ2v) is 12.2. The second kappa shape index (κ2) is 11.5. The number of hydrogen-bond donors (Lipinski definition) is 1. The van der Waals surface area contributed by atoms with Crippen molar-refractivity contribution in [2.45, 2.75) is 26.1 Å². The standard InChI is InChI=1S/C22H15F3I4N2O5/c1-8(2)18(31-19(33)12-13(20(31)34)15(27)17(29)16(28)14(12)26)21(35)36-7-11(32)30-10-6-4-3-5-9(10)22(23,24)25/h3-6,8,18H,7H2,1-2H3,(H,30,32). The van der Waals surface area contributed by atoms with Gasteiger partial charge < -0.3 is 10.1 Å². The van der Waals surface area contributed by atoms with Crippen molar-refractivity contribution in [1.29, 1.82) is 0 Å². The first kappa shape index (κ1) is 29.8. The summed E-state index contributed by atoms with van der Waals surface area (Å²) in [4.78, 5) is 52.7. The third-order valence-corrected chi connectivity index (χ3v) is 12.5. The van der Waals surface area contributed by atoms with Crippen molar-refractivity contribution in [2.24, 2.45) is 5.92 Å². The van der Waals surface area contributed by atoms with E-state index in [0.29, 0.717) is 7.14 Å². The average Bonchev–Trinajstić information content (AvgIpc) is 3.05. The summed E-state index contributed by atoms with van der Waals surface area (Å²) in [6.07, 6.45) is -4.70. The number of hydrogen-bond acceptors (Lipinski definition) is 5. The minimum absolute atomic E-state index is 0.203. The van der Waals surface area contributed by atoms with Gasteiger partial charge in [-0.3, -0.25) is 19.3 Å². The van der Waals surface area contributed by atoms with Gasteiger partial charge in [0.25, 0.3) is 17.7 Å². The number of carbonyl (C=O) groups is 4. The van der Waals surface area contributed by atoms with Crippen molar-refractivity contribution in [1.82, 2.24) is 4.90 Å². The van der Waals surface area contributed by atoms with Gasteiger partial charge in [0.15, 0.2) is 6.61 Å². The molecule has 0 aromatic heterocycles. The Morgan fingerprint density at radius 2 is 1.44 bits per heavy atom. The number of alkyl halides is 3. The number of halogens is 7. The highest BCUT2D eigenvalue weighted by Gasteiger charge is 2.48. The number of esters is 1. The number of para-hydroxylation sites is 1. The molecule has 0 fully saturated rings. The SMILES string of the molecule is CC(C)C(C(=O)OCC(=O)Nc1ccccc1C(F)(F)F)N1C(=O)c2c(I)c(I)c(I)c(I)c2C1=O. The highest BCUT2D eigenvalue weighted by molar-refractivity contribution is 14.1. The molecule has 0 spiro atoms. The van der Waals surface area contributed by atoms with Crippen LogP contribution in [0.25, 0.3) is 0 Å². The van der Waals surface area contributed by atoms with Crippen LogP contribution in [0.1, 0.15) is 40.1 Å². The van der Waals surface area contributed by atoms with E-state index in [1.165, 1.54) is 12.1 Å². The molecule has 0 radical (unpaired) electrons. The third-order valence-electron chi connectivity index (χ3n) is 5.14. The molecule has 36 heavy (non-hydrogen) atoms. The Morgan fingerprint density at radius 3 is 1.92 bits per heavy atom. The number of nitrogens with zero attached hydrogens (tertiary/aromatic N) is 1. The number of amides is 3. The van der Waals surface area contributed by atoms with Crippen LogP contribution in [-0.4, -0.2) is 41.2 Å². The molecule has 192 valence electrons. The van der Waals surface area contributed by atoms with Gasteiger partial charge in [-0.05, 0) is 108 Å². The number of benzene rings is 2. The van der Waals surface area contributed by atoms with Gasteiger partial charge in [-0.25, -0.2) is 4.79 Å². The number of nitrogens with one attached hydrogen (secondary N) is 1. The van der Waals surface area contributed by atoms with Crippen molar-refractivity contribution in [2.75, 3.05) is 11.9 Å². The number of carbonyl (C=O) groups excluding carboxylic acids is 4. The molecule has 1 aliphatic heterocycles. The minimum atomic E-state index is -4.70. The van der Waals surface area contributed by atoms with E-state index in [9.17, 15) is 32.3 Å². The summed E-state index contributed by atoms with van der Waals surface area (Å²) in [6, 6.07) is 3.04. The maximum absolute atomic E-state index is 13.3. The van der Waals surface area contributed by atoms with Crippen LogP contribution in [0.4, 0.5) is 18.9 Å². The van der Waals surface area contributed by atoms with E-state index in [-0.39, 0.29) is 11.1 Å². The summed E-state index contributed by atoms with van der Waals surface area (Å²) in [5.41, 5.74) is -1.13. The average molecular weight is 952 g/mol. The summed E-state index contributed by atoms with van der Waals surface area (Å²) >= 11 is 8.14. The van der Waals surface area contributed by atoms with Crippen molar-refractivity contribution in [3.05, 3.63) is 55.2 Å². The lowest BCUT2D eigenvalue weighted by atomic mass is 10.0. The van der Waals surface area contributed by atoms with Crippen LogP contribution >= 0.6 is 90.4 Å². The molecule has 1 N–H and O–H groups in total. The molecule has 2 aromatic rings. The van der Waals surface area contributed by atoms with Gasteiger partial charge in [0.2, 0.25) is 0 Å². The Morgan fingerprint density at radius 1 is 0.944 bits per heavy atom. The zero-order chi connectivity index (χ0) is 27.1. The molecule has 2 aromatic carbocycles. The predicted octanol–water partition coefficient (Wildman–Crippen LogP) is 5.93. The zero-order valence-corrected chi connectivity index (χ0v) is 26.9. The van der Waals surface area contributed by atoms with Gasteiger partial charge in [-0.1, -0.05) is 26.0 Å². The molecule has 3 amide bonds. The van der Waals surface area contributed by atoms with Crippen LogP contribution in [0.2, 0.25) is 0 Å². The van der Waals surface area contributed by atoms with Gasteiger partial charge in [0, 0.05) is 14.3 Å². The summed E-state index contributed by atoms with van der Waals surface area (Å²) in [7, 11) is 0. The molecular weight excluding hydrogens is 937 g/mol. The smallest absolute Gasteiger partial charge is 0.418 e. The van der Waals surface area contributed by atoms with E-state index in [0.717, 1.165) is 24.2 Å². The lowest BCUT2D eigenvalue weighted by Gasteiger charge is -2.27. The quantitative estimate of drug-likeness (QED) is 0.128. The first-order valence-corrected chi connectivity index (χ1v) is 14.4. The normalized spacial score (nSPS) is 14.2. The summed E-state index contributed by atoms with van der Waals surface area (Å²) < 4.78 is 47.3. The molecule has 14 heteroatoms. The van der Waals surface area contributed by atoms with E-state index in [2.05, 4.69) is 50.5 Å². The fraction of sp³-hybridized carbons (Fsp3) is 0.273. The second-order valence-electron chi connectivity index (χ2n) is 7.87. The summed E-state index contributed by atoms with van der Waals surface area (Å²) in [5.74, 6) is -3.88. The molecule has 0 saturated carbocycles. The lowest BCUT2D eigenvalue weighted by Crippen LogP contribution is -2.49. The van der Waals surface area contributed by atoms with Crippen molar-refractivity contribution in [3.63, 3.8) is 0 Å². The molecule has 1 heterocycles. The highest BCUT2D eigenvalue weighted by Crippen LogP contribution is 2.39. The molecule has 0 bridgehead atoms. The number of ether oxygens (including phenoxy) is 1. The summed E-state index contributed by atoms with van der Waals surface area (Å²) in [6.45, 7) is 2.32. The van der Waals surface area contributed by atoms with Crippen LogP contribution in [0, 0.1) is 20.2 Å². The fourth-order valence-electron chi connectivity index (χ4n) is 3.54. The number of imide groups is 1. The zero-order valence-electron chi connectivity index (χ0n) is 18.3. The van der Waals surface area contributed by atoms with Crippen LogP contribution in [0.15, 0.2) is 24.3 Å². The predicted molar refractivity (Wildman–Crippen MR) is 157 cm³/mol. The monoisotopic (exact) mass is 952 g/mol. The Kier molecular flexibility index (Phi) is 9.55. The molecule has 0 saturated heterocycles. The third kappa shape index (κ3) is 5.79. The van der Waals surface area contributed by atoms with Crippen LogP contribution in [-0.2, 0) is 20.5 Å². The van der Waals surface area contributed by atoms with Crippen molar-refractivity contribution < 1.29 is 37.1 Å². The highest BCUT2D eigenvalue weighted by atomic mass is 127. The molecule has 1 unspecified atom stereocenters. The Bertz CT molecular complexity index is 1240. The van der Waals surface area contributed by atoms with Crippen LogP contribution in [0.5, 0.6) is 0 Å². The van der Waals surface area contributed by atoms with E-state index in [1.54, 1.807) is 13.8 Å². The topological polar surface area (TPSA) is 92.8 Å². The first-order chi connectivity index (χ1) is 16.7. The Hall–Kier alpha value is -0.770. The maximum atomic E-state index is 13.3. The van der Waals surface area contributed by atoms with Gasteiger partial charge in [0.05, 0.1) is 22.4 Å². The van der Waals surface area contributed by atoms with Gasteiger partial charge in [0.1, 0.15) is 6.04 Å². The van der Waals surface area contributed by atoms with E-state index in [4.69, 9.17) is 4.74 Å². The molecule has 7 nitrogen and oxygen atoms in total. The molecule has 1 aliphatic rings. The van der Waals surface area contributed by atoms with Gasteiger partial charge in [-0.15, -0.1) is 0 Å². The van der Waals surface area contributed by atoms with Gasteiger partial charge in [-0.2, -0.15) is 13.2 Å². The number of fused-ring (bicyclic) bond motifs is 1. The number of anilines is 1. The van der Waals surface area contributed by atoms with E-state index in [1.807, 2.05) is 45.2 Å². The minimum Gasteiger partial charge on any atom is -0.454 e. The van der Waals surface area contributed by atoms with E-state index >= 15 is 0 Å². The first-order valence-electron chi connectivity index (χ1n) is 10.0. The maximum Gasteiger partial charge on any atom is 0.418 e. The summed E-state index contributed by atoms with van der Waals surface area (Å²) in [5, 5.41) is 2.08. The van der Waals surface area contributed by atoms with Crippen molar-refractivity contribution >= 4 is 120 Å². The fourth-order valence-corrected chi connectivity index (χ4v) is 7.19. The van der Waals surface area contributed by atoms with Crippen molar-refractivity contribution in [3.8, 4) is 0 Å². The lowest BCUT2D eigenvalue weighted by molar-refractivity contribution is -0.152. The van der Waals surface area contributed by atoms with Crippen LogP contribution in [0.3, 0.4) is 0 Å². The Balaban J connectivity index is 1.81. The Labute approximate surface area is 258 Å². The molecule has 3 rings (SSSR count). The van der Waals surface area contributed by atoms with Crippen LogP contribution < -0.4 is 5.32 Å².